The molecule has 0 aliphatic carbocycles. The van der Waals surface area contributed by atoms with Crippen molar-refractivity contribution in [3.63, 3.8) is 0 Å². The third kappa shape index (κ3) is 4.90. The lowest BCUT2D eigenvalue weighted by molar-refractivity contribution is 0.0599. The number of halogens is 1. The number of aryl methyl sites for hydroxylation is 2. The highest BCUT2D eigenvalue weighted by atomic mass is 79.9. The molecular formula is C24H26BrN7O3. The molecule has 1 amide bonds. The number of methoxy groups -OCH3 is 1. The van der Waals surface area contributed by atoms with Crippen molar-refractivity contribution < 1.29 is 14.3 Å². The molecule has 0 spiro atoms. The molecule has 0 saturated heterocycles. The first-order valence-electron chi connectivity index (χ1n) is 10.9. The van der Waals surface area contributed by atoms with E-state index in [1.165, 1.54) is 7.11 Å². The van der Waals surface area contributed by atoms with Crippen LogP contribution in [0.3, 0.4) is 0 Å². The van der Waals surface area contributed by atoms with Crippen molar-refractivity contribution in [1.29, 1.82) is 0 Å². The number of carbonyl (C=O) groups excluding carboxylic acids is 2. The van der Waals surface area contributed by atoms with Crippen molar-refractivity contribution in [2.75, 3.05) is 12.4 Å². The van der Waals surface area contributed by atoms with Gasteiger partial charge in [-0.2, -0.15) is 15.3 Å². The van der Waals surface area contributed by atoms with Crippen molar-refractivity contribution in [3.8, 4) is 0 Å². The Labute approximate surface area is 211 Å². The van der Waals surface area contributed by atoms with Gasteiger partial charge in [0.15, 0.2) is 5.69 Å². The zero-order valence-corrected chi connectivity index (χ0v) is 21.8. The number of esters is 1. The van der Waals surface area contributed by atoms with Crippen LogP contribution in [0.2, 0.25) is 0 Å². The molecule has 0 atom stereocenters. The quantitative estimate of drug-likeness (QED) is 0.357. The number of nitrogens with zero attached hydrogens (tertiary/aromatic N) is 6. The van der Waals surface area contributed by atoms with Crippen LogP contribution < -0.4 is 5.32 Å². The van der Waals surface area contributed by atoms with Gasteiger partial charge in [0.25, 0.3) is 5.91 Å². The monoisotopic (exact) mass is 539 g/mol. The number of benzene rings is 1. The van der Waals surface area contributed by atoms with E-state index < -0.39 is 5.97 Å². The van der Waals surface area contributed by atoms with Crippen LogP contribution in [0.25, 0.3) is 0 Å². The summed E-state index contributed by atoms with van der Waals surface area (Å²) in [6.45, 7) is 8.34. The Kier molecular flexibility index (Phi) is 6.88. The van der Waals surface area contributed by atoms with Gasteiger partial charge in [0.05, 0.1) is 52.2 Å². The molecule has 4 rings (SSSR count). The molecule has 3 heterocycles. The first kappa shape index (κ1) is 24.4. The summed E-state index contributed by atoms with van der Waals surface area (Å²) in [5, 5.41) is 16.4. The van der Waals surface area contributed by atoms with E-state index in [0.717, 1.165) is 27.1 Å². The molecule has 4 aromatic rings. The average molecular weight is 540 g/mol. The molecule has 182 valence electrons. The summed E-state index contributed by atoms with van der Waals surface area (Å²) in [6.07, 6.45) is 1.74. The fourth-order valence-electron chi connectivity index (χ4n) is 3.85. The minimum absolute atomic E-state index is 0.285. The van der Waals surface area contributed by atoms with Crippen LogP contribution in [0.4, 0.5) is 5.69 Å². The molecule has 0 bridgehead atoms. The third-order valence-electron chi connectivity index (χ3n) is 5.81. The normalized spacial score (nSPS) is 11.0. The molecule has 1 aromatic carbocycles. The van der Waals surface area contributed by atoms with Crippen LogP contribution in [-0.4, -0.2) is 48.3 Å². The van der Waals surface area contributed by atoms with E-state index >= 15 is 0 Å². The van der Waals surface area contributed by atoms with Crippen molar-refractivity contribution in [3.05, 3.63) is 80.6 Å². The van der Waals surface area contributed by atoms with Crippen LogP contribution >= 0.6 is 15.9 Å². The number of ether oxygens (including phenoxy) is 1. The maximum absolute atomic E-state index is 12.9. The summed E-state index contributed by atoms with van der Waals surface area (Å²) in [5.41, 5.74) is 5.46. The van der Waals surface area contributed by atoms with E-state index in [9.17, 15) is 9.59 Å². The van der Waals surface area contributed by atoms with E-state index in [1.54, 1.807) is 33.8 Å². The van der Waals surface area contributed by atoms with Gasteiger partial charge in [-0.1, -0.05) is 18.2 Å². The molecule has 11 heteroatoms. The molecule has 0 radical (unpaired) electrons. The lowest BCUT2D eigenvalue weighted by atomic mass is 10.1. The second-order valence-electron chi connectivity index (χ2n) is 8.17. The Morgan fingerprint density at radius 3 is 2.37 bits per heavy atom. The van der Waals surface area contributed by atoms with Crippen LogP contribution in [0.5, 0.6) is 0 Å². The van der Waals surface area contributed by atoms with Crippen LogP contribution in [0.1, 0.15) is 49.2 Å². The third-order valence-corrected chi connectivity index (χ3v) is 6.96. The fraction of sp³-hybridized carbons (Fsp3) is 0.292. The predicted molar refractivity (Wildman–Crippen MR) is 134 cm³/mol. The molecule has 3 aromatic heterocycles. The van der Waals surface area contributed by atoms with E-state index in [4.69, 9.17) is 4.74 Å². The number of anilines is 1. The first-order valence-corrected chi connectivity index (χ1v) is 11.7. The Bertz CT molecular complexity index is 1420. The SMILES string of the molecule is COC(=O)c1ccccc1Cn1nc(C)c(NC(=O)c2ccn(Cn3nc(C)c(Br)c3C)n2)c1C. The lowest BCUT2D eigenvalue weighted by Gasteiger charge is -2.10. The van der Waals surface area contributed by atoms with Gasteiger partial charge in [0.1, 0.15) is 6.67 Å². The maximum atomic E-state index is 12.9. The number of hydrogen-bond acceptors (Lipinski definition) is 6. The fourth-order valence-corrected chi connectivity index (χ4v) is 4.13. The van der Waals surface area contributed by atoms with Crippen molar-refractivity contribution in [2.45, 2.75) is 40.9 Å². The van der Waals surface area contributed by atoms with Crippen molar-refractivity contribution in [2.24, 2.45) is 0 Å². The number of nitrogens with one attached hydrogen (secondary N) is 1. The van der Waals surface area contributed by atoms with E-state index in [2.05, 4.69) is 36.5 Å². The molecule has 0 fully saturated rings. The molecule has 0 unspecified atom stereocenters. The van der Waals surface area contributed by atoms with Gasteiger partial charge in [-0.25, -0.2) is 9.48 Å². The topological polar surface area (TPSA) is 109 Å². The summed E-state index contributed by atoms with van der Waals surface area (Å²) in [5.74, 6) is -0.738. The summed E-state index contributed by atoms with van der Waals surface area (Å²) >= 11 is 3.52. The van der Waals surface area contributed by atoms with Crippen molar-refractivity contribution >= 4 is 33.5 Å². The van der Waals surface area contributed by atoms with Gasteiger partial charge in [0, 0.05) is 6.20 Å². The summed E-state index contributed by atoms with van der Waals surface area (Å²) in [4.78, 5) is 25.1. The van der Waals surface area contributed by atoms with E-state index in [-0.39, 0.29) is 11.6 Å². The van der Waals surface area contributed by atoms with Gasteiger partial charge < -0.3 is 10.1 Å². The smallest absolute Gasteiger partial charge is 0.338 e. The molecule has 10 nitrogen and oxygen atoms in total. The maximum Gasteiger partial charge on any atom is 0.338 e. The highest BCUT2D eigenvalue weighted by Gasteiger charge is 2.19. The van der Waals surface area contributed by atoms with Crippen LogP contribution in [-0.2, 0) is 18.0 Å². The Morgan fingerprint density at radius 2 is 1.69 bits per heavy atom. The first-order chi connectivity index (χ1) is 16.7. The second kappa shape index (κ2) is 9.87. The highest BCUT2D eigenvalue weighted by Crippen LogP contribution is 2.23. The summed E-state index contributed by atoms with van der Waals surface area (Å²) < 4.78 is 11.1. The standard InChI is InChI=1S/C24H26BrN7O3/c1-14-21(25)16(3)32(27-14)13-30-11-10-20(29-30)23(33)26-22-15(2)28-31(17(22)4)12-18-8-6-7-9-19(18)24(34)35-5/h6-11H,12-13H2,1-5H3,(H,26,33). The molecule has 0 aliphatic heterocycles. The van der Waals surface area contributed by atoms with E-state index in [1.807, 2.05) is 44.5 Å². The van der Waals surface area contributed by atoms with Crippen LogP contribution in [0, 0.1) is 27.7 Å². The van der Waals surface area contributed by atoms with Gasteiger partial charge in [0.2, 0.25) is 0 Å². The summed E-state index contributed by atoms with van der Waals surface area (Å²) in [7, 11) is 1.35. The van der Waals surface area contributed by atoms with Gasteiger partial charge in [-0.05, 0) is 61.3 Å². The molecular weight excluding hydrogens is 514 g/mol. The largest absolute Gasteiger partial charge is 0.465 e. The minimum Gasteiger partial charge on any atom is -0.465 e. The van der Waals surface area contributed by atoms with E-state index in [0.29, 0.717) is 30.2 Å². The minimum atomic E-state index is -0.404. The molecule has 1 N–H and O–H groups in total. The van der Waals surface area contributed by atoms with Gasteiger partial charge >= 0.3 is 5.97 Å². The highest BCUT2D eigenvalue weighted by molar-refractivity contribution is 9.10. The number of aromatic nitrogens is 6. The van der Waals surface area contributed by atoms with Crippen molar-refractivity contribution in [1.82, 2.24) is 29.3 Å². The molecule has 0 aliphatic rings. The van der Waals surface area contributed by atoms with Gasteiger partial charge in [-0.3, -0.25) is 14.2 Å². The zero-order valence-electron chi connectivity index (χ0n) is 20.2. The Balaban J connectivity index is 1.50. The number of amides is 1. The Morgan fingerprint density at radius 1 is 0.971 bits per heavy atom. The number of rotatable bonds is 7. The Hall–Kier alpha value is -3.73. The zero-order chi connectivity index (χ0) is 25.3. The second-order valence-corrected chi connectivity index (χ2v) is 8.97. The predicted octanol–water partition coefficient (Wildman–Crippen LogP) is 3.87. The van der Waals surface area contributed by atoms with Gasteiger partial charge in [-0.15, -0.1) is 0 Å². The molecule has 0 saturated carbocycles. The lowest BCUT2D eigenvalue weighted by Crippen LogP contribution is -2.16. The van der Waals surface area contributed by atoms with Crippen LogP contribution in [0.15, 0.2) is 41.0 Å². The average Bonchev–Trinajstić information content (AvgIpc) is 3.49. The number of hydrogen-bond donors (Lipinski definition) is 1. The number of carbonyl (C=O) groups is 2. The molecule has 35 heavy (non-hydrogen) atoms. The summed E-state index contributed by atoms with van der Waals surface area (Å²) in [6, 6.07) is 8.88.